The molecule has 0 fully saturated rings. The van der Waals surface area contributed by atoms with Gasteiger partial charge in [-0.1, -0.05) is 37.3 Å². The van der Waals surface area contributed by atoms with Crippen molar-refractivity contribution in [3.63, 3.8) is 0 Å². The van der Waals surface area contributed by atoms with Crippen LogP contribution in [-0.2, 0) is 10.0 Å². The molecule has 0 bridgehead atoms. The Morgan fingerprint density at radius 3 is 2.29 bits per heavy atom. The van der Waals surface area contributed by atoms with Gasteiger partial charge in [-0.25, -0.2) is 13.4 Å². The van der Waals surface area contributed by atoms with Crippen molar-refractivity contribution in [2.45, 2.75) is 31.7 Å². The van der Waals surface area contributed by atoms with Gasteiger partial charge in [0.1, 0.15) is 11.6 Å². The minimum absolute atomic E-state index is 0.146. The van der Waals surface area contributed by atoms with E-state index < -0.39 is 16.1 Å². The Balaban J connectivity index is 1.93. The molecule has 0 saturated heterocycles. The summed E-state index contributed by atoms with van der Waals surface area (Å²) in [5.74, 6) is 0.927. The minimum Gasteiger partial charge on any atom is -0.497 e. The molecule has 0 aliphatic carbocycles. The fourth-order valence-corrected chi connectivity index (χ4v) is 5.74. The van der Waals surface area contributed by atoms with Crippen LogP contribution in [0.4, 0.5) is 0 Å². The average molecular weight is 478 g/mol. The first-order valence-electron chi connectivity index (χ1n) is 11.0. The summed E-state index contributed by atoms with van der Waals surface area (Å²) in [7, 11) is -2.35. The van der Waals surface area contributed by atoms with Crippen molar-refractivity contribution in [1.29, 1.82) is 0 Å². The highest BCUT2D eigenvalue weighted by atomic mass is 32.2. The average Bonchev–Trinajstić information content (AvgIpc) is 2.85. The molecule has 8 heteroatoms. The van der Waals surface area contributed by atoms with E-state index in [1.54, 1.807) is 44.2 Å². The Hall–Kier alpha value is -3.49. The molecule has 1 heterocycles. The fraction of sp³-hybridized carbons (Fsp3) is 0.231. The molecule has 0 spiro atoms. The van der Waals surface area contributed by atoms with Crippen LogP contribution in [0.15, 0.2) is 82.5 Å². The molecule has 0 saturated carbocycles. The quantitative estimate of drug-likeness (QED) is 0.392. The van der Waals surface area contributed by atoms with Gasteiger partial charge in [0.05, 0.1) is 34.6 Å². The summed E-state index contributed by atoms with van der Waals surface area (Å²) in [6, 6.07) is 20.2. The lowest BCUT2D eigenvalue weighted by atomic mass is 10.1. The first-order valence-corrected chi connectivity index (χ1v) is 12.5. The molecular weight excluding hydrogens is 450 g/mol. The number of hydrogen-bond acceptors (Lipinski definition) is 5. The van der Waals surface area contributed by atoms with Crippen molar-refractivity contribution >= 4 is 20.9 Å². The molecule has 4 aromatic rings. The molecule has 0 radical (unpaired) electrons. The standard InChI is InChI=1S/C26H27N3O4S/c1-5-28(34(31,32)21-16-14-20(33-4)15-17-21)19(3)25-27-23-12-8-7-11-22(23)26(30)29(25)24-13-9-6-10-18(24)2/h6-17,19H,5H2,1-4H3. The first kappa shape index (κ1) is 23.7. The lowest BCUT2D eigenvalue weighted by Gasteiger charge is -2.29. The predicted octanol–water partition coefficient (Wildman–Crippen LogP) is 4.47. The van der Waals surface area contributed by atoms with Crippen LogP contribution in [0, 0.1) is 6.92 Å². The monoisotopic (exact) mass is 477 g/mol. The highest BCUT2D eigenvalue weighted by molar-refractivity contribution is 7.89. The van der Waals surface area contributed by atoms with E-state index in [0.29, 0.717) is 28.2 Å². The molecule has 34 heavy (non-hydrogen) atoms. The Morgan fingerprint density at radius 2 is 1.65 bits per heavy atom. The molecular formula is C26H27N3O4S. The maximum Gasteiger partial charge on any atom is 0.266 e. The second kappa shape index (κ2) is 9.40. The number of fused-ring (bicyclic) bond motifs is 1. The number of aromatic nitrogens is 2. The zero-order valence-electron chi connectivity index (χ0n) is 19.6. The summed E-state index contributed by atoms with van der Waals surface area (Å²) >= 11 is 0. The zero-order valence-corrected chi connectivity index (χ0v) is 20.4. The number of ether oxygens (including phenoxy) is 1. The number of hydrogen-bond donors (Lipinski definition) is 0. The summed E-state index contributed by atoms with van der Waals surface area (Å²) in [6.07, 6.45) is 0. The van der Waals surface area contributed by atoms with Crippen molar-refractivity contribution in [2.75, 3.05) is 13.7 Å². The predicted molar refractivity (Wildman–Crippen MR) is 133 cm³/mol. The normalized spacial score (nSPS) is 12.7. The van der Waals surface area contributed by atoms with Gasteiger partial charge in [0.15, 0.2) is 0 Å². The van der Waals surface area contributed by atoms with Gasteiger partial charge >= 0.3 is 0 Å². The van der Waals surface area contributed by atoms with Crippen molar-refractivity contribution in [2.24, 2.45) is 0 Å². The third kappa shape index (κ3) is 4.10. The highest BCUT2D eigenvalue weighted by Crippen LogP contribution is 2.29. The first-order chi connectivity index (χ1) is 16.3. The molecule has 0 aliphatic heterocycles. The lowest BCUT2D eigenvalue weighted by molar-refractivity contribution is 0.340. The maximum absolute atomic E-state index is 13.6. The number of nitrogens with zero attached hydrogens (tertiary/aromatic N) is 3. The Kier molecular flexibility index (Phi) is 6.54. The van der Waals surface area contributed by atoms with Crippen molar-refractivity contribution in [1.82, 2.24) is 13.9 Å². The smallest absolute Gasteiger partial charge is 0.266 e. The van der Waals surface area contributed by atoms with E-state index in [2.05, 4.69) is 0 Å². The summed E-state index contributed by atoms with van der Waals surface area (Å²) in [5, 5.41) is 0.475. The van der Waals surface area contributed by atoms with Crippen molar-refractivity contribution in [3.8, 4) is 11.4 Å². The van der Waals surface area contributed by atoms with Gasteiger partial charge in [0.2, 0.25) is 10.0 Å². The minimum atomic E-state index is -3.88. The number of benzene rings is 3. The number of para-hydroxylation sites is 2. The molecule has 0 aliphatic rings. The molecule has 1 atom stereocenters. The van der Waals surface area contributed by atoms with Crippen LogP contribution in [0.25, 0.3) is 16.6 Å². The van der Waals surface area contributed by atoms with Crippen LogP contribution in [-0.4, -0.2) is 35.9 Å². The number of methoxy groups -OCH3 is 1. The molecule has 1 unspecified atom stereocenters. The Morgan fingerprint density at radius 1 is 1.00 bits per heavy atom. The summed E-state index contributed by atoms with van der Waals surface area (Å²) in [6.45, 7) is 5.65. The molecule has 7 nitrogen and oxygen atoms in total. The van der Waals surface area contributed by atoms with Crippen molar-refractivity contribution in [3.05, 3.63) is 94.5 Å². The van der Waals surface area contributed by atoms with E-state index in [1.807, 2.05) is 37.3 Å². The Labute approximate surface area is 199 Å². The Bertz CT molecular complexity index is 1500. The molecule has 1 aromatic heterocycles. The van der Waals surface area contributed by atoms with Crippen LogP contribution >= 0.6 is 0 Å². The summed E-state index contributed by atoms with van der Waals surface area (Å²) in [5.41, 5.74) is 1.85. The van der Waals surface area contributed by atoms with Gasteiger partial charge in [-0.2, -0.15) is 4.31 Å². The van der Waals surface area contributed by atoms with E-state index in [9.17, 15) is 13.2 Å². The van der Waals surface area contributed by atoms with E-state index in [0.717, 1.165) is 5.56 Å². The maximum atomic E-state index is 13.6. The van der Waals surface area contributed by atoms with Gasteiger partial charge in [-0.3, -0.25) is 9.36 Å². The zero-order chi connectivity index (χ0) is 24.5. The van der Waals surface area contributed by atoms with Crippen LogP contribution in [0.3, 0.4) is 0 Å². The topological polar surface area (TPSA) is 81.5 Å². The van der Waals surface area contributed by atoms with Crippen LogP contribution < -0.4 is 10.3 Å². The molecule has 4 rings (SSSR count). The van der Waals surface area contributed by atoms with E-state index >= 15 is 0 Å². The summed E-state index contributed by atoms with van der Waals surface area (Å²) < 4.78 is 35.3. The number of sulfonamides is 1. The molecule has 0 amide bonds. The largest absolute Gasteiger partial charge is 0.497 e. The number of rotatable bonds is 7. The molecule has 176 valence electrons. The number of aryl methyl sites for hydroxylation is 1. The lowest BCUT2D eigenvalue weighted by Crippen LogP contribution is -2.37. The molecule has 3 aromatic carbocycles. The van der Waals surface area contributed by atoms with E-state index in [1.165, 1.54) is 28.1 Å². The summed E-state index contributed by atoms with van der Waals surface area (Å²) in [4.78, 5) is 18.6. The third-order valence-corrected chi connectivity index (χ3v) is 8.00. The van der Waals surface area contributed by atoms with Crippen LogP contribution in [0.2, 0.25) is 0 Å². The van der Waals surface area contributed by atoms with Crippen LogP contribution in [0.1, 0.15) is 31.3 Å². The van der Waals surface area contributed by atoms with Gasteiger partial charge in [0.25, 0.3) is 5.56 Å². The van der Waals surface area contributed by atoms with Gasteiger partial charge in [-0.15, -0.1) is 0 Å². The second-order valence-corrected chi connectivity index (χ2v) is 9.86. The van der Waals surface area contributed by atoms with Crippen molar-refractivity contribution < 1.29 is 13.2 Å². The van der Waals surface area contributed by atoms with Gasteiger partial charge in [-0.05, 0) is 61.9 Å². The van der Waals surface area contributed by atoms with Gasteiger partial charge < -0.3 is 4.74 Å². The second-order valence-electron chi connectivity index (χ2n) is 7.97. The van der Waals surface area contributed by atoms with Crippen LogP contribution in [0.5, 0.6) is 5.75 Å². The molecule has 0 N–H and O–H groups in total. The third-order valence-electron chi connectivity index (χ3n) is 5.94. The fourth-order valence-electron chi connectivity index (χ4n) is 4.14. The SMILES string of the molecule is CCN(C(C)c1nc2ccccc2c(=O)n1-c1ccccc1C)S(=O)(=O)c1ccc(OC)cc1. The van der Waals surface area contributed by atoms with Gasteiger partial charge in [0, 0.05) is 6.54 Å². The van der Waals surface area contributed by atoms with E-state index in [4.69, 9.17) is 9.72 Å². The highest BCUT2D eigenvalue weighted by Gasteiger charge is 2.32. The van der Waals surface area contributed by atoms with E-state index in [-0.39, 0.29) is 17.0 Å².